The van der Waals surface area contributed by atoms with Crippen LogP contribution in [0.25, 0.3) is 11.0 Å². The molecular weight excluding hydrogens is 454 g/mol. The lowest BCUT2D eigenvalue weighted by Gasteiger charge is -2.25. The zero-order valence-corrected chi connectivity index (χ0v) is 18.6. The molecular formula is C26H20BrNO3. The minimum atomic E-state index is -0.472. The molecule has 31 heavy (non-hydrogen) atoms. The maximum absolute atomic E-state index is 13.5. The average Bonchev–Trinajstić information content (AvgIpc) is 3.06. The molecule has 5 rings (SSSR count). The van der Waals surface area contributed by atoms with E-state index in [9.17, 15) is 9.59 Å². The van der Waals surface area contributed by atoms with Crippen LogP contribution in [-0.2, 0) is 6.42 Å². The Hall–Kier alpha value is -3.18. The Morgan fingerprint density at radius 2 is 1.71 bits per heavy atom. The van der Waals surface area contributed by atoms with Crippen LogP contribution in [-0.4, -0.2) is 17.4 Å². The van der Waals surface area contributed by atoms with Gasteiger partial charge in [0.25, 0.3) is 5.91 Å². The number of aryl methyl sites for hydroxylation is 1. The van der Waals surface area contributed by atoms with Gasteiger partial charge in [-0.2, -0.15) is 0 Å². The molecule has 4 aromatic rings. The summed E-state index contributed by atoms with van der Waals surface area (Å²) in [6, 6.07) is 22.8. The molecule has 0 bridgehead atoms. The fourth-order valence-electron chi connectivity index (χ4n) is 4.25. The quantitative estimate of drug-likeness (QED) is 0.384. The predicted octanol–water partition coefficient (Wildman–Crippen LogP) is 5.65. The normalized spacial score (nSPS) is 15.5. The van der Waals surface area contributed by atoms with Crippen LogP contribution in [0.15, 0.2) is 86.5 Å². The highest BCUT2D eigenvalue weighted by atomic mass is 79.9. The number of nitrogens with zero attached hydrogens (tertiary/aromatic N) is 1. The van der Waals surface area contributed by atoms with Gasteiger partial charge >= 0.3 is 0 Å². The molecule has 0 aliphatic carbocycles. The van der Waals surface area contributed by atoms with Crippen LogP contribution in [0, 0.1) is 6.92 Å². The number of hydrogen-bond acceptors (Lipinski definition) is 3. The lowest BCUT2D eigenvalue weighted by atomic mass is 9.98. The molecule has 0 N–H and O–H groups in total. The van der Waals surface area contributed by atoms with E-state index in [1.165, 1.54) is 0 Å². The number of halogens is 1. The van der Waals surface area contributed by atoms with Gasteiger partial charge in [0.15, 0.2) is 5.43 Å². The van der Waals surface area contributed by atoms with Gasteiger partial charge in [-0.05, 0) is 48.7 Å². The molecule has 4 nitrogen and oxygen atoms in total. The summed E-state index contributed by atoms with van der Waals surface area (Å²) in [5.41, 5.74) is 3.75. The van der Waals surface area contributed by atoms with Gasteiger partial charge in [-0.15, -0.1) is 0 Å². The lowest BCUT2D eigenvalue weighted by molar-refractivity contribution is 0.0730. The van der Waals surface area contributed by atoms with E-state index >= 15 is 0 Å². The van der Waals surface area contributed by atoms with E-state index in [1.54, 1.807) is 11.0 Å². The summed E-state index contributed by atoms with van der Waals surface area (Å²) in [5, 5.41) is 0.513. The van der Waals surface area contributed by atoms with Crippen LogP contribution in [0.3, 0.4) is 0 Å². The Morgan fingerprint density at radius 3 is 2.45 bits per heavy atom. The molecule has 1 unspecified atom stereocenters. The van der Waals surface area contributed by atoms with Crippen molar-refractivity contribution in [3.05, 3.63) is 116 Å². The predicted molar refractivity (Wildman–Crippen MR) is 124 cm³/mol. The first kappa shape index (κ1) is 19.8. The van der Waals surface area contributed by atoms with Crippen LogP contribution in [0.1, 0.15) is 38.9 Å². The van der Waals surface area contributed by atoms with Crippen molar-refractivity contribution in [2.24, 2.45) is 0 Å². The SMILES string of the molecule is Cc1ccc2oc3c(c(=O)c2c1)C(c1ccc(Br)cc1)N(CCc1ccccc1)C3=O. The van der Waals surface area contributed by atoms with E-state index in [1.807, 2.05) is 73.7 Å². The first-order valence-electron chi connectivity index (χ1n) is 10.2. The molecule has 0 radical (unpaired) electrons. The molecule has 0 saturated carbocycles. The highest BCUT2D eigenvalue weighted by Gasteiger charge is 2.42. The Labute approximate surface area is 188 Å². The second-order valence-electron chi connectivity index (χ2n) is 7.86. The highest BCUT2D eigenvalue weighted by Crippen LogP contribution is 2.38. The van der Waals surface area contributed by atoms with Crippen molar-refractivity contribution in [1.82, 2.24) is 4.90 Å². The molecule has 1 atom stereocenters. The van der Waals surface area contributed by atoms with Gasteiger partial charge in [-0.3, -0.25) is 9.59 Å². The van der Waals surface area contributed by atoms with Crippen LogP contribution in [0.4, 0.5) is 0 Å². The van der Waals surface area contributed by atoms with Crippen LogP contribution in [0.2, 0.25) is 0 Å². The van der Waals surface area contributed by atoms with Gasteiger partial charge in [0, 0.05) is 11.0 Å². The number of amides is 1. The molecule has 2 heterocycles. The summed E-state index contributed by atoms with van der Waals surface area (Å²) in [6.45, 7) is 2.43. The molecule has 3 aromatic carbocycles. The van der Waals surface area contributed by atoms with E-state index in [-0.39, 0.29) is 17.1 Å². The van der Waals surface area contributed by atoms with Crippen molar-refractivity contribution in [2.75, 3.05) is 6.54 Å². The van der Waals surface area contributed by atoms with Gasteiger partial charge in [-0.25, -0.2) is 0 Å². The number of fused-ring (bicyclic) bond motifs is 2. The Balaban J connectivity index is 1.66. The minimum Gasteiger partial charge on any atom is -0.450 e. The summed E-state index contributed by atoms with van der Waals surface area (Å²) in [5.74, 6) is -0.0826. The third-order valence-electron chi connectivity index (χ3n) is 5.79. The summed E-state index contributed by atoms with van der Waals surface area (Å²) in [7, 11) is 0. The Morgan fingerprint density at radius 1 is 0.968 bits per heavy atom. The molecule has 1 aliphatic heterocycles. The molecule has 0 saturated heterocycles. The molecule has 0 fully saturated rings. The highest BCUT2D eigenvalue weighted by molar-refractivity contribution is 9.10. The summed E-state index contributed by atoms with van der Waals surface area (Å²) in [6.07, 6.45) is 0.695. The van der Waals surface area contributed by atoms with Crippen molar-refractivity contribution in [2.45, 2.75) is 19.4 Å². The number of rotatable bonds is 4. The largest absolute Gasteiger partial charge is 0.450 e. The zero-order valence-electron chi connectivity index (χ0n) is 17.0. The summed E-state index contributed by atoms with van der Waals surface area (Å²) in [4.78, 5) is 28.7. The van der Waals surface area contributed by atoms with Crippen molar-refractivity contribution < 1.29 is 9.21 Å². The second kappa shape index (κ2) is 7.82. The van der Waals surface area contributed by atoms with Gasteiger partial charge < -0.3 is 9.32 Å². The Kier molecular flexibility index (Phi) is 4.98. The van der Waals surface area contributed by atoms with Crippen molar-refractivity contribution in [3.8, 4) is 0 Å². The fraction of sp³-hybridized carbons (Fsp3) is 0.154. The summed E-state index contributed by atoms with van der Waals surface area (Å²) >= 11 is 3.47. The number of carbonyl (C=O) groups excluding carboxylic acids is 1. The first-order chi connectivity index (χ1) is 15.0. The Bertz CT molecular complexity index is 1340. The number of carbonyl (C=O) groups is 1. The van der Waals surface area contributed by atoms with E-state index in [2.05, 4.69) is 15.9 Å². The zero-order chi connectivity index (χ0) is 21.5. The topological polar surface area (TPSA) is 50.5 Å². The molecule has 154 valence electrons. The molecule has 1 amide bonds. The molecule has 1 aromatic heterocycles. The van der Waals surface area contributed by atoms with Crippen molar-refractivity contribution in [1.29, 1.82) is 0 Å². The first-order valence-corrected chi connectivity index (χ1v) is 11.0. The average molecular weight is 474 g/mol. The maximum atomic E-state index is 13.5. The van der Waals surface area contributed by atoms with Gasteiger partial charge in [0.2, 0.25) is 5.76 Å². The van der Waals surface area contributed by atoms with Crippen LogP contribution < -0.4 is 5.43 Å². The third-order valence-corrected chi connectivity index (χ3v) is 6.32. The standard InChI is InChI=1S/C26H20BrNO3/c1-16-7-12-21-20(15-16)24(29)22-23(18-8-10-19(27)11-9-18)28(26(30)25(22)31-21)14-13-17-5-3-2-4-6-17/h2-12,15,23H,13-14H2,1H3. The smallest absolute Gasteiger partial charge is 0.290 e. The van der Waals surface area contributed by atoms with E-state index in [0.717, 1.165) is 21.2 Å². The van der Waals surface area contributed by atoms with E-state index in [0.29, 0.717) is 29.5 Å². The van der Waals surface area contributed by atoms with Gasteiger partial charge in [-0.1, -0.05) is 70.0 Å². The van der Waals surface area contributed by atoms with Gasteiger partial charge in [0.05, 0.1) is 17.0 Å². The second-order valence-corrected chi connectivity index (χ2v) is 8.78. The minimum absolute atomic E-state index is 0.136. The fourth-order valence-corrected chi connectivity index (χ4v) is 4.52. The molecule has 0 spiro atoms. The number of hydrogen-bond donors (Lipinski definition) is 0. The molecule has 1 aliphatic rings. The maximum Gasteiger partial charge on any atom is 0.290 e. The monoisotopic (exact) mass is 473 g/mol. The van der Waals surface area contributed by atoms with Gasteiger partial charge in [0.1, 0.15) is 5.58 Å². The summed E-state index contributed by atoms with van der Waals surface area (Å²) < 4.78 is 6.95. The van der Waals surface area contributed by atoms with Crippen molar-refractivity contribution >= 4 is 32.8 Å². The molecule has 5 heteroatoms. The van der Waals surface area contributed by atoms with Crippen LogP contribution in [0.5, 0.6) is 0 Å². The van der Waals surface area contributed by atoms with E-state index < -0.39 is 6.04 Å². The number of benzene rings is 3. The van der Waals surface area contributed by atoms with Crippen LogP contribution >= 0.6 is 15.9 Å². The third kappa shape index (κ3) is 3.49. The van der Waals surface area contributed by atoms with Crippen molar-refractivity contribution in [3.63, 3.8) is 0 Å². The lowest BCUT2D eigenvalue weighted by Crippen LogP contribution is -2.31. The van der Waals surface area contributed by atoms with E-state index in [4.69, 9.17) is 4.42 Å².